The van der Waals surface area contributed by atoms with Gasteiger partial charge in [0.2, 0.25) is 0 Å². The van der Waals surface area contributed by atoms with Crippen molar-refractivity contribution >= 4 is 17.9 Å². The van der Waals surface area contributed by atoms with Crippen molar-refractivity contribution in [2.24, 2.45) is 17.8 Å². The number of rotatable bonds is 4. The van der Waals surface area contributed by atoms with Gasteiger partial charge in [-0.2, -0.15) is 0 Å². The van der Waals surface area contributed by atoms with Crippen LogP contribution in [0.4, 0.5) is 0 Å². The summed E-state index contributed by atoms with van der Waals surface area (Å²) in [4.78, 5) is 36.3. The molecule has 9 nitrogen and oxygen atoms in total. The Bertz CT molecular complexity index is 891. The predicted octanol–water partition coefficient (Wildman–Crippen LogP) is 2.45. The van der Waals surface area contributed by atoms with Gasteiger partial charge in [-0.15, -0.1) is 0 Å². The summed E-state index contributed by atoms with van der Waals surface area (Å²) in [5.41, 5.74) is -2.74. The molecular formula is C26H40O9. The molecule has 0 aromatic heterocycles. The fraction of sp³-hybridized carbons (Fsp3) is 0.808. The van der Waals surface area contributed by atoms with E-state index in [0.717, 1.165) is 5.57 Å². The summed E-state index contributed by atoms with van der Waals surface area (Å²) < 4.78 is 24.0. The molecule has 0 radical (unpaired) electrons. The minimum absolute atomic E-state index is 0.159. The number of ether oxygens (including phenoxy) is 4. The minimum Gasteiger partial charge on any atom is -0.459 e. The highest BCUT2D eigenvalue weighted by Crippen LogP contribution is 2.56. The molecule has 2 fully saturated rings. The van der Waals surface area contributed by atoms with Crippen molar-refractivity contribution in [3.63, 3.8) is 0 Å². The van der Waals surface area contributed by atoms with Crippen molar-refractivity contribution in [2.45, 2.75) is 116 Å². The standard InChI is InChI=1S/C26H40O9/c1-13-11-17(32-14(2)27)22(24(5,6)34-15(3)28)21-20(13)18-12-25(7,31)19(30)9-10-26(8,23(21)33-18)35-16(4)29/h11,17-23,30-31H,9-10,12H2,1-8H3. The molecule has 9 unspecified atom stereocenters. The number of esters is 3. The zero-order valence-corrected chi connectivity index (χ0v) is 22.0. The molecule has 3 rings (SSSR count). The van der Waals surface area contributed by atoms with Crippen LogP contribution in [0.15, 0.2) is 11.6 Å². The molecule has 9 heteroatoms. The Balaban J connectivity index is 2.22. The Morgan fingerprint density at radius 3 is 2.29 bits per heavy atom. The van der Waals surface area contributed by atoms with Gasteiger partial charge in [0.1, 0.15) is 23.4 Å². The van der Waals surface area contributed by atoms with Crippen LogP contribution < -0.4 is 0 Å². The topological polar surface area (TPSA) is 129 Å². The third kappa shape index (κ3) is 5.42. The fourth-order valence-corrected chi connectivity index (χ4v) is 6.68. The molecule has 2 bridgehead atoms. The second kappa shape index (κ2) is 9.48. The lowest BCUT2D eigenvalue weighted by atomic mass is 9.60. The highest BCUT2D eigenvalue weighted by Gasteiger charge is 2.64. The number of hydrogen-bond donors (Lipinski definition) is 2. The molecule has 2 saturated heterocycles. The highest BCUT2D eigenvalue weighted by molar-refractivity contribution is 5.67. The molecular weight excluding hydrogens is 456 g/mol. The molecule has 3 aliphatic rings. The van der Waals surface area contributed by atoms with E-state index in [1.54, 1.807) is 27.7 Å². The fourth-order valence-electron chi connectivity index (χ4n) is 6.68. The normalized spacial score (nSPS) is 41.4. The zero-order valence-electron chi connectivity index (χ0n) is 22.0. The summed E-state index contributed by atoms with van der Waals surface area (Å²) >= 11 is 0. The second-order valence-electron chi connectivity index (χ2n) is 11.4. The lowest BCUT2D eigenvalue weighted by Crippen LogP contribution is -2.58. The van der Waals surface area contributed by atoms with E-state index in [-0.39, 0.29) is 31.1 Å². The number of aliphatic hydroxyl groups is 2. The van der Waals surface area contributed by atoms with E-state index in [1.807, 2.05) is 13.0 Å². The first-order chi connectivity index (χ1) is 16.0. The number of carbonyl (C=O) groups excluding carboxylic acids is 3. The lowest BCUT2D eigenvalue weighted by molar-refractivity contribution is -0.192. The van der Waals surface area contributed by atoms with E-state index in [0.29, 0.717) is 0 Å². The monoisotopic (exact) mass is 496 g/mol. The Morgan fingerprint density at radius 1 is 1.11 bits per heavy atom. The van der Waals surface area contributed by atoms with Crippen LogP contribution in [0.2, 0.25) is 0 Å². The number of carbonyl (C=O) groups is 3. The van der Waals surface area contributed by atoms with Crippen molar-refractivity contribution in [3.8, 4) is 0 Å². The van der Waals surface area contributed by atoms with E-state index < -0.39 is 65.0 Å². The van der Waals surface area contributed by atoms with Crippen LogP contribution in [0.1, 0.15) is 74.7 Å². The third-order valence-electron chi connectivity index (χ3n) is 7.94. The first-order valence-corrected chi connectivity index (χ1v) is 12.3. The van der Waals surface area contributed by atoms with E-state index >= 15 is 0 Å². The van der Waals surface area contributed by atoms with Crippen LogP contribution in [-0.4, -0.2) is 69.3 Å². The molecule has 0 aromatic rings. The van der Waals surface area contributed by atoms with Gasteiger partial charge in [-0.25, -0.2) is 0 Å². The number of aliphatic hydroxyl groups excluding tert-OH is 1. The molecule has 0 aromatic carbocycles. The Hall–Kier alpha value is -1.97. The average molecular weight is 497 g/mol. The van der Waals surface area contributed by atoms with Gasteiger partial charge in [0.25, 0.3) is 0 Å². The number of hydrogen-bond acceptors (Lipinski definition) is 9. The van der Waals surface area contributed by atoms with Crippen LogP contribution in [0.25, 0.3) is 0 Å². The van der Waals surface area contributed by atoms with Crippen molar-refractivity contribution < 1.29 is 43.5 Å². The van der Waals surface area contributed by atoms with Gasteiger partial charge >= 0.3 is 17.9 Å². The van der Waals surface area contributed by atoms with E-state index in [1.165, 1.54) is 20.8 Å². The van der Waals surface area contributed by atoms with Crippen molar-refractivity contribution in [3.05, 3.63) is 11.6 Å². The maximum absolute atomic E-state index is 12.2. The van der Waals surface area contributed by atoms with Gasteiger partial charge in [-0.1, -0.05) is 5.57 Å². The first kappa shape index (κ1) is 27.6. The third-order valence-corrected chi connectivity index (χ3v) is 7.94. The molecule has 198 valence electrons. The average Bonchev–Trinajstić information content (AvgIpc) is 3.03. The molecule has 35 heavy (non-hydrogen) atoms. The number of fused-ring (bicyclic) bond motifs is 5. The van der Waals surface area contributed by atoms with Crippen molar-refractivity contribution in [1.29, 1.82) is 0 Å². The Labute approximate surface area is 207 Å². The van der Waals surface area contributed by atoms with E-state index in [2.05, 4.69) is 0 Å². The SMILES string of the molecule is CC(=O)OC1C=C(C)C2C3CC(C)(O)C(O)CCC(C)(OC(C)=O)C(O3)C2C1C(C)(C)OC(C)=O. The predicted molar refractivity (Wildman–Crippen MR) is 125 cm³/mol. The smallest absolute Gasteiger partial charge is 0.303 e. The summed E-state index contributed by atoms with van der Waals surface area (Å²) in [6, 6.07) is 0. The molecule has 0 amide bonds. The molecule has 2 heterocycles. The van der Waals surface area contributed by atoms with Crippen molar-refractivity contribution in [2.75, 3.05) is 0 Å². The van der Waals surface area contributed by atoms with E-state index in [4.69, 9.17) is 18.9 Å². The van der Waals surface area contributed by atoms with Crippen LogP contribution in [0.3, 0.4) is 0 Å². The first-order valence-electron chi connectivity index (χ1n) is 12.3. The summed E-state index contributed by atoms with van der Waals surface area (Å²) in [6.07, 6.45) is -0.453. The Morgan fingerprint density at radius 2 is 1.74 bits per heavy atom. The van der Waals surface area contributed by atoms with Crippen LogP contribution in [0.5, 0.6) is 0 Å². The van der Waals surface area contributed by atoms with Gasteiger partial charge in [0, 0.05) is 44.9 Å². The zero-order chi connectivity index (χ0) is 26.5. The minimum atomic E-state index is -1.43. The van der Waals surface area contributed by atoms with Crippen molar-refractivity contribution in [1.82, 2.24) is 0 Å². The van der Waals surface area contributed by atoms with Gasteiger partial charge < -0.3 is 29.2 Å². The quantitative estimate of drug-likeness (QED) is 0.342. The molecule has 0 saturated carbocycles. The molecule has 2 aliphatic heterocycles. The van der Waals surface area contributed by atoms with Gasteiger partial charge in [-0.05, 0) is 53.5 Å². The summed E-state index contributed by atoms with van der Waals surface area (Å²) in [7, 11) is 0. The lowest BCUT2D eigenvalue weighted by Gasteiger charge is -2.49. The van der Waals surface area contributed by atoms with Gasteiger partial charge in [-0.3, -0.25) is 14.4 Å². The van der Waals surface area contributed by atoms with Gasteiger partial charge in [0.15, 0.2) is 0 Å². The Kier molecular flexibility index (Phi) is 7.48. The van der Waals surface area contributed by atoms with Gasteiger partial charge in [0.05, 0.1) is 17.8 Å². The van der Waals surface area contributed by atoms with E-state index in [9.17, 15) is 24.6 Å². The second-order valence-corrected chi connectivity index (χ2v) is 11.4. The summed E-state index contributed by atoms with van der Waals surface area (Å²) in [5.74, 6) is -2.59. The summed E-state index contributed by atoms with van der Waals surface area (Å²) in [5, 5.41) is 21.9. The molecule has 9 atom stereocenters. The van der Waals surface area contributed by atoms with Crippen LogP contribution in [0, 0.1) is 17.8 Å². The molecule has 2 N–H and O–H groups in total. The maximum atomic E-state index is 12.2. The summed E-state index contributed by atoms with van der Waals surface area (Å²) in [6.45, 7) is 12.8. The highest BCUT2D eigenvalue weighted by atomic mass is 16.6. The molecule has 0 spiro atoms. The maximum Gasteiger partial charge on any atom is 0.303 e. The largest absolute Gasteiger partial charge is 0.459 e. The van der Waals surface area contributed by atoms with Crippen LogP contribution >= 0.6 is 0 Å². The molecule has 1 aliphatic carbocycles. The van der Waals surface area contributed by atoms with Crippen LogP contribution in [-0.2, 0) is 33.3 Å².